The van der Waals surface area contributed by atoms with Crippen LogP contribution in [0.5, 0.6) is 11.5 Å². The maximum Gasteiger partial charge on any atom is 0.162 e. The molecule has 2 aromatic carbocycles. The van der Waals surface area contributed by atoms with Gasteiger partial charge in [-0.3, -0.25) is 0 Å². The van der Waals surface area contributed by atoms with Gasteiger partial charge in [-0.15, -0.1) is 17.8 Å². The SMILES string of the molecule is C#CCOc1ccc(/C=C/c2nc3ccccc3s2)cc1OCC. The van der Waals surface area contributed by atoms with E-state index in [0.717, 1.165) is 16.1 Å². The van der Waals surface area contributed by atoms with Gasteiger partial charge in [-0.05, 0) is 42.8 Å². The van der Waals surface area contributed by atoms with E-state index in [9.17, 15) is 0 Å². The summed E-state index contributed by atoms with van der Waals surface area (Å²) in [4.78, 5) is 4.60. The number of aromatic nitrogens is 1. The Morgan fingerprint density at radius 1 is 1.12 bits per heavy atom. The molecule has 0 bridgehead atoms. The second-order valence-corrected chi connectivity index (χ2v) is 6.05. The van der Waals surface area contributed by atoms with Crippen molar-refractivity contribution < 1.29 is 9.47 Å². The van der Waals surface area contributed by atoms with Crippen molar-refractivity contribution in [1.82, 2.24) is 4.98 Å². The number of fused-ring (bicyclic) bond motifs is 1. The summed E-state index contributed by atoms with van der Waals surface area (Å²) in [6.45, 7) is 2.73. The smallest absolute Gasteiger partial charge is 0.162 e. The van der Waals surface area contributed by atoms with Gasteiger partial charge in [0.05, 0.1) is 16.8 Å². The van der Waals surface area contributed by atoms with Crippen LogP contribution in [0, 0.1) is 12.3 Å². The minimum Gasteiger partial charge on any atom is -0.490 e. The first-order chi connectivity index (χ1) is 11.8. The van der Waals surface area contributed by atoms with Crippen molar-refractivity contribution in [2.75, 3.05) is 13.2 Å². The summed E-state index contributed by atoms with van der Waals surface area (Å²) in [5.41, 5.74) is 2.04. The Morgan fingerprint density at radius 2 is 2.00 bits per heavy atom. The fourth-order valence-electron chi connectivity index (χ4n) is 2.26. The molecule has 0 saturated heterocycles. The molecule has 3 rings (SSSR count). The second kappa shape index (κ2) is 7.67. The number of nitrogens with zero attached hydrogens (tertiary/aromatic N) is 1. The lowest BCUT2D eigenvalue weighted by molar-refractivity contribution is 0.299. The summed E-state index contributed by atoms with van der Waals surface area (Å²) in [5.74, 6) is 3.81. The molecule has 3 nitrogen and oxygen atoms in total. The zero-order chi connectivity index (χ0) is 16.8. The van der Waals surface area contributed by atoms with Crippen molar-refractivity contribution >= 4 is 33.7 Å². The first-order valence-electron chi connectivity index (χ1n) is 7.67. The molecule has 0 amide bonds. The molecule has 0 fully saturated rings. The molecule has 0 N–H and O–H groups in total. The van der Waals surface area contributed by atoms with Gasteiger partial charge < -0.3 is 9.47 Å². The number of rotatable bonds is 6. The highest BCUT2D eigenvalue weighted by atomic mass is 32.1. The maximum absolute atomic E-state index is 5.63. The largest absolute Gasteiger partial charge is 0.490 e. The van der Waals surface area contributed by atoms with E-state index in [4.69, 9.17) is 15.9 Å². The molecule has 1 aromatic heterocycles. The minimum absolute atomic E-state index is 0.223. The van der Waals surface area contributed by atoms with Crippen LogP contribution < -0.4 is 9.47 Å². The number of terminal acetylenes is 1. The summed E-state index contributed by atoms with van der Waals surface area (Å²) in [7, 11) is 0. The number of thiazole rings is 1. The van der Waals surface area contributed by atoms with Gasteiger partial charge in [-0.1, -0.05) is 30.2 Å². The van der Waals surface area contributed by atoms with Crippen molar-refractivity contribution in [2.45, 2.75) is 6.92 Å². The van der Waals surface area contributed by atoms with E-state index in [1.807, 2.05) is 55.5 Å². The highest BCUT2D eigenvalue weighted by Gasteiger charge is 2.05. The molecule has 0 aliphatic carbocycles. The zero-order valence-corrected chi connectivity index (χ0v) is 14.2. The predicted molar refractivity (Wildman–Crippen MR) is 100 cm³/mol. The van der Waals surface area contributed by atoms with Crippen LogP contribution in [0.1, 0.15) is 17.5 Å². The van der Waals surface area contributed by atoms with Crippen LogP contribution in [-0.4, -0.2) is 18.2 Å². The van der Waals surface area contributed by atoms with Crippen LogP contribution in [0.3, 0.4) is 0 Å². The minimum atomic E-state index is 0.223. The lowest BCUT2D eigenvalue weighted by atomic mass is 10.2. The summed E-state index contributed by atoms with van der Waals surface area (Å²) in [6, 6.07) is 13.9. The third-order valence-corrected chi connectivity index (χ3v) is 4.31. The van der Waals surface area contributed by atoms with Gasteiger partial charge >= 0.3 is 0 Å². The van der Waals surface area contributed by atoms with Crippen LogP contribution in [-0.2, 0) is 0 Å². The van der Waals surface area contributed by atoms with E-state index in [1.54, 1.807) is 11.3 Å². The van der Waals surface area contributed by atoms with Gasteiger partial charge in [0.1, 0.15) is 11.6 Å². The summed E-state index contributed by atoms with van der Waals surface area (Å²) < 4.78 is 12.3. The Bertz CT molecular complexity index is 872. The standard InChI is InChI=1S/C20H17NO2S/c1-3-13-23-17-11-9-15(14-18(17)22-4-2)10-12-20-21-16-7-5-6-8-19(16)24-20/h1,5-12,14H,4,13H2,2H3/b12-10+. The Morgan fingerprint density at radius 3 is 2.79 bits per heavy atom. The van der Waals surface area contributed by atoms with Crippen molar-refractivity contribution in [2.24, 2.45) is 0 Å². The molecule has 0 spiro atoms. The second-order valence-electron chi connectivity index (χ2n) is 4.99. The Hall–Kier alpha value is -2.77. The number of hydrogen-bond acceptors (Lipinski definition) is 4. The first kappa shape index (κ1) is 16.1. The third kappa shape index (κ3) is 3.76. The Balaban J connectivity index is 1.83. The Kier molecular flexibility index (Phi) is 5.15. The first-order valence-corrected chi connectivity index (χ1v) is 8.48. The highest BCUT2D eigenvalue weighted by Crippen LogP contribution is 2.30. The van der Waals surface area contributed by atoms with Crippen molar-refractivity contribution in [1.29, 1.82) is 0 Å². The third-order valence-electron chi connectivity index (χ3n) is 3.31. The molecule has 120 valence electrons. The molecule has 3 aromatic rings. The fraction of sp³-hybridized carbons (Fsp3) is 0.150. The van der Waals surface area contributed by atoms with Gasteiger partial charge in [0.2, 0.25) is 0 Å². The zero-order valence-electron chi connectivity index (χ0n) is 13.4. The molecule has 0 aliphatic heterocycles. The van der Waals surface area contributed by atoms with Gasteiger partial charge in [-0.2, -0.15) is 0 Å². The van der Waals surface area contributed by atoms with Crippen LogP contribution in [0.2, 0.25) is 0 Å². The van der Waals surface area contributed by atoms with Gasteiger partial charge in [-0.25, -0.2) is 4.98 Å². The van der Waals surface area contributed by atoms with Crippen LogP contribution in [0.15, 0.2) is 42.5 Å². The van der Waals surface area contributed by atoms with Crippen LogP contribution >= 0.6 is 11.3 Å². The number of benzene rings is 2. The normalized spacial score (nSPS) is 10.8. The average Bonchev–Trinajstić information content (AvgIpc) is 3.02. The fourth-order valence-corrected chi connectivity index (χ4v) is 3.13. The molecular formula is C20H17NO2S. The van der Waals surface area contributed by atoms with Crippen molar-refractivity contribution in [3.8, 4) is 23.8 Å². The van der Waals surface area contributed by atoms with E-state index in [2.05, 4.69) is 17.0 Å². The molecule has 24 heavy (non-hydrogen) atoms. The quantitative estimate of drug-likeness (QED) is 0.602. The van der Waals surface area contributed by atoms with E-state index < -0.39 is 0 Å². The van der Waals surface area contributed by atoms with Crippen LogP contribution in [0.25, 0.3) is 22.4 Å². The van der Waals surface area contributed by atoms with Gasteiger partial charge in [0.25, 0.3) is 0 Å². The maximum atomic E-state index is 5.63. The highest BCUT2D eigenvalue weighted by molar-refractivity contribution is 7.19. The van der Waals surface area contributed by atoms with Gasteiger partial charge in [0, 0.05) is 0 Å². The molecule has 0 aliphatic rings. The van der Waals surface area contributed by atoms with E-state index >= 15 is 0 Å². The molecule has 1 heterocycles. The van der Waals surface area contributed by atoms with E-state index in [0.29, 0.717) is 18.1 Å². The summed E-state index contributed by atoms with van der Waals surface area (Å²) in [6.07, 6.45) is 9.27. The molecule has 0 radical (unpaired) electrons. The monoisotopic (exact) mass is 335 g/mol. The van der Waals surface area contributed by atoms with E-state index in [-0.39, 0.29) is 6.61 Å². The lowest BCUT2D eigenvalue weighted by Gasteiger charge is -2.10. The Labute approximate surface area is 145 Å². The predicted octanol–water partition coefficient (Wildman–Crippen LogP) is 4.88. The molecule has 0 atom stereocenters. The number of hydrogen-bond donors (Lipinski definition) is 0. The van der Waals surface area contributed by atoms with Crippen molar-refractivity contribution in [3.05, 3.63) is 53.0 Å². The van der Waals surface area contributed by atoms with Crippen molar-refractivity contribution in [3.63, 3.8) is 0 Å². The van der Waals surface area contributed by atoms with E-state index in [1.165, 1.54) is 4.70 Å². The molecular weight excluding hydrogens is 318 g/mol. The molecule has 4 heteroatoms. The average molecular weight is 335 g/mol. The lowest BCUT2D eigenvalue weighted by Crippen LogP contribution is -1.99. The molecule has 0 unspecified atom stereocenters. The summed E-state index contributed by atoms with van der Waals surface area (Å²) in [5, 5.41) is 0.974. The summed E-state index contributed by atoms with van der Waals surface area (Å²) >= 11 is 1.67. The molecule has 0 saturated carbocycles. The van der Waals surface area contributed by atoms with Crippen LogP contribution in [0.4, 0.5) is 0 Å². The number of para-hydroxylation sites is 1. The number of ether oxygens (including phenoxy) is 2. The topological polar surface area (TPSA) is 31.4 Å². The van der Waals surface area contributed by atoms with Gasteiger partial charge in [0.15, 0.2) is 11.5 Å².